The minimum Gasteiger partial charge on any atom is -0.0952 e. The fourth-order valence-corrected chi connectivity index (χ4v) is 5.11. The van der Waals surface area contributed by atoms with Crippen LogP contribution in [0.2, 0.25) is 0 Å². The normalized spacial score (nSPS) is 10.6. The van der Waals surface area contributed by atoms with Crippen molar-refractivity contribution in [1.29, 1.82) is 0 Å². The molecule has 0 fully saturated rings. The van der Waals surface area contributed by atoms with E-state index in [1.807, 2.05) is 0 Å². The van der Waals surface area contributed by atoms with E-state index in [9.17, 15) is 0 Å². The molecule has 0 heterocycles. The number of rotatable bonds is 23. The second-order valence-electron chi connectivity index (χ2n) is 11.4. The third kappa shape index (κ3) is 20.5. The van der Waals surface area contributed by atoms with E-state index in [0.717, 1.165) is 12.8 Å². The van der Waals surface area contributed by atoms with E-state index < -0.39 is 0 Å². The summed E-state index contributed by atoms with van der Waals surface area (Å²) >= 11 is 0. The molecule has 0 aliphatic heterocycles. The van der Waals surface area contributed by atoms with Gasteiger partial charge in [0.2, 0.25) is 0 Å². The Labute approximate surface area is 244 Å². The molecule has 0 saturated carbocycles. The largest absolute Gasteiger partial charge is 0.0952 e. The molecule has 0 aromatic heterocycles. The Balaban J connectivity index is 0.000000403. The predicted octanol–water partition coefficient (Wildman–Crippen LogP) is 13.6. The van der Waals surface area contributed by atoms with E-state index >= 15 is 0 Å². The maximum Gasteiger partial charge on any atom is -0.0230 e. The summed E-state index contributed by atoms with van der Waals surface area (Å²) < 4.78 is 0. The van der Waals surface area contributed by atoms with Gasteiger partial charge in [0, 0.05) is 0 Å². The Morgan fingerprint density at radius 3 is 0.923 bits per heavy atom. The van der Waals surface area contributed by atoms with E-state index in [1.54, 1.807) is 0 Å². The molecule has 0 bridgehead atoms. The molecular weight excluding hydrogens is 468 g/mol. The molecule has 2 aromatic carbocycles. The minimum atomic E-state index is 1.15. The SMILES string of the molecule is C=C(CCCCCCCCC)c1ccccc1.C=C(CCCCCCCCCCCCCC)c1ccccc1. The highest BCUT2D eigenvalue weighted by Crippen LogP contribution is 2.21. The number of hydrogen-bond donors (Lipinski definition) is 0. The van der Waals surface area contributed by atoms with Gasteiger partial charge in [-0.25, -0.2) is 0 Å². The van der Waals surface area contributed by atoms with Crippen LogP contribution < -0.4 is 0 Å². The van der Waals surface area contributed by atoms with Crippen LogP contribution in [0, 0.1) is 0 Å². The van der Waals surface area contributed by atoms with Gasteiger partial charge in [0.15, 0.2) is 0 Å². The lowest BCUT2D eigenvalue weighted by molar-refractivity contribution is 0.545. The van der Waals surface area contributed by atoms with Crippen LogP contribution in [0.4, 0.5) is 0 Å². The number of unbranched alkanes of at least 4 members (excludes halogenated alkanes) is 17. The predicted molar refractivity (Wildman–Crippen MR) is 179 cm³/mol. The third-order valence-electron chi connectivity index (χ3n) is 7.78. The summed E-state index contributed by atoms with van der Waals surface area (Å²) in [6.07, 6.45) is 28.9. The second kappa shape index (κ2) is 26.2. The molecule has 39 heavy (non-hydrogen) atoms. The van der Waals surface area contributed by atoms with Gasteiger partial charge in [0.05, 0.1) is 0 Å². The van der Waals surface area contributed by atoms with Gasteiger partial charge in [-0.15, -0.1) is 0 Å². The number of benzene rings is 2. The maximum absolute atomic E-state index is 4.21. The third-order valence-corrected chi connectivity index (χ3v) is 7.78. The van der Waals surface area contributed by atoms with Crippen molar-refractivity contribution in [3.8, 4) is 0 Å². The van der Waals surface area contributed by atoms with Crippen LogP contribution in [-0.4, -0.2) is 0 Å². The Bertz CT molecular complexity index is 800. The van der Waals surface area contributed by atoms with Gasteiger partial charge in [-0.05, 0) is 48.0 Å². The molecular formula is C39H62. The van der Waals surface area contributed by atoms with Crippen molar-refractivity contribution >= 4 is 11.1 Å². The lowest BCUT2D eigenvalue weighted by Crippen LogP contribution is -1.85. The van der Waals surface area contributed by atoms with Crippen LogP contribution in [0.25, 0.3) is 11.1 Å². The first-order chi connectivity index (χ1) is 19.2. The first-order valence-corrected chi connectivity index (χ1v) is 16.6. The molecule has 0 N–H and O–H groups in total. The zero-order chi connectivity index (χ0) is 28.2. The van der Waals surface area contributed by atoms with Crippen molar-refractivity contribution in [1.82, 2.24) is 0 Å². The summed E-state index contributed by atoms with van der Waals surface area (Å²) in [5.74, 6) is 0. The topological polar surface area (TPSA) is 0 Å². The summed E-state index contributed by atoms with van der Waals surface area (Å²) in [6, 6.07) is 21.2. The zero-order valence-electron chi connectivity index (χ0n) is 26.0. The van der Waals surface area contributed by atoms with Crippen LogP contribution in [0.15, 0.2) is 73.8 Å². The van der Waals surface area contributed by atoms with Gasteiger partial charge in [0.25, 0.3) is 0 Å². The standard InChI is InChI=1S/C22H36.C17H26/c1-3-4-5-6-7-8-9-10-11-12-13-15-18-21(2)22-19-16-14-17-20-22;1-3-4-5-6-7-8-10-13-16(2)17-14-11-9-12-15-17/h14,16-17,19-20H,2-13,15,18H2,1H3;9,11-12,14-15H,2-8,10,13H2,1H3. The highest BCUT2D eigenvalue weighted by Gasteiger charge is 1.99. The summed E-state index contributed by atoms with van der Waals surface area (Å²) in [4.78, 5) is 0. The van der Waals surface area contributed by atoms with Crippen molar-refractivity contribution in [3.63, 3.8) is 0 Å². The Morgan fingerprint density at radius 2 is 0.641 bits per heavy atom. The Kier molecular flexibility index (Phi) is 23.4. The average Bonchev–Trinajstić information content (AvgIpc) is 2.98. The summed E-state index contributed by atoms with van der Waals surface area (Å²) in [6.45, 7) is 12.9. The molecule has 0 nitrogen and oxygen atoms in total. The molecule has 0 aliphatic carbocycles. The molecule has 0 unspecified atom stereocenters. The highest BCUT2D eigenvalue weighted by atomic mass is 14.0. The Hall–Kier alpha value is -2.08. The molecule has 2 rings (SSSR count). The second-order valence-corrected chi connectivity index (χ2v) is 11.4. The monoisotopic (exact) mass is 530 g/mol. The van der Waals surface area contributed by atoms with Gasteiger partial charge < -0.3 is 0 Å². The summed E-state index contributed by atoms with van der Waals surface area (Å²) in [7, 11) is 0. The van der Waals surface area contributed by atoms with Crippen molar-refractivity contribution in [2.24, 2.45) is 0 Å². The molecule has 218 valence electrons. The van der Waals surface area contributed by atoms with E-state index in [0.29, 0.717) is 0 Å². The van der Waals surface area contributed by atoms with Gasteiger partial charge >= 0.3 is 0 Å². The number of allylic oxidation sites excluding steroid dienone is 2. The molecule has 0 aliphatic rings. The van der Waals surface area contributed by atoms with Gasteiger partial charge in [-0.1, -0.05) is 197 Å². The van der Waals surface area contributed by atoms with Crippen LogP contribution >= 0.6 is 0 Å². The van der Waals surface area contributed by atoms with Crippen molar-refractivity contribution in [2.75, 3.05) is 0 Å². The van der Waals surface area contributed by atoms with E-state index in [2.05, 4.69) is 87.7 Å². The molecule has 0 heteroatoms. The fraction of sp³-hybridized carbons (Fsp3) is 0.590. The number of hydrogen-bond acceptors (Lipinski definition) is 0. The van der Waals surface area contributed by atoms with Crippen molar-refractivity contribution < 1.29 is 0 Å². The van der Waals surface area contributed by atoms with E-state index in [-0.39, 0.29) is 0 Å². The molecule has 0 radical (unpaired) electrons. The zero-order valence-corrected chi connectivity index (χ0v) is 26.0. The molecule has 2 aromatic rings. The van der Waals surface area contributed by atoms with E-state index in [4.69, 9.17) is 0 Å². The first kappa shape index (κ1) is 34.9. The maximum atomic E-state index is 4.21. The lowest BCUT2D eigenvalue weighted by atomic mass is 10.00. The molecule has 0 atom stereocenters. The summed E-state index contributed by atoms with van der Waals surface area (Å²) in [5.41, 5.74) is 5.20. The van der Waals surface area contributed by atoms with Crippen molar-refractivity contribution in [2.45, 2.75) is 149 Å². The van der Waals surface area contributed by atoms with Gasteiger partial charge in [0.1, 0.15) is 0 Å². The lowest BCUT2D eigenvalue weighted by Gasteiger charge is -2.06. The molecule has 0 spiro atoms. The van der Waals surface area contributed by atoms with Crippen LogP contribution in [0.1, 0.15) is 160 Å². The average molecular weight is 531 g/mol. The quantitative estimate of drug-likeness (QED) is 0.125. The molecule has 0 saturated heterocycles. The highest BCUT2D eigenvalue weighted by molar-refractivity contribution is 5.63. The van der Waals surface area contributed by atoms with E-state index in [1.165, 1.54) is 144 Å². The van der Waals surface area contributed by atoms with Crippen LogP contribution in [0.5, 0.6) is 0 Å². The fourth-order valence-electron chi connectivity index (χ4n) is 5.11. The summed E-state index contributed by atoms with van der Waals surface area (Å²) in [5, 5.41) is 0. The van der Waals surface area contributed by atoms with Gasteiger partial charge in [-0.3, -0.25) is 0 Å². The van der Waals surface area contributed by atoms with Crippen LogP contribution in [-0.2, 0) is 0 Å². The van der Waals surface area contributed by atoms with Crippen molar-refractivity contribution in [3.05, 3.63) is 84.9 Å². The first-order valence-electron chi connectivity index (χ1n) is 16.6. The Morgan fingerprint density at radius 1 is 0.385 bits per heavy atom. The minimum absolute atomic E-state index is 1.15. The van der Waals surface area contributed by atoms with Crippen LogP contribution in [0.3, 0.4) is 0 Å². The molecule has 0 amide bonds. The smallest absolute Gasteiger partial charge is 0.0230 e. The van der Waals surface area contributed by atoms with Gasteiger partial charge in [-0.2, -0.15) is 0 Å².